The van der Waals surface area contributed by atoms with E-state index < -0.39 is 0 Å². The zero-order chi connectivity index (χ0) is 21.5. The third-order valence-corrected chi connectivity index (χ3v) is 4.58. The number of rotatable bonds is 8. The highest BCUT2D eigenvalue weighted by molar-refractivity contribution is 6.04. The van der Waals surface area contributed by atoms with Crippen LogP contribution in [0.1, 0.15) is 22.8 Å². The second-order valence-electron chi connectivity index (χ2n) is 6.71. The zero-order valence-corrected chi connectivity index (χ0v) is 17.1. The largest absolute Gasteiger partial charge is 0.490 e. The first-order valence-corrected chi connectivity index (χ1v) is 9.91. The summed E-state index contributed by atoms with van der Waals surface area (Å²) < 4.78 is 13.5. The van der Waals surface area contributed by atoms with Crippen LogP contribution in [0.4, 0.5) is 5.69 Å². The van der Waals surface area contributed by atoms with Gasteiger partial charge in [-0.05, 0) is 67.1 Å². The fourth-order valence-corrected chi connectivity index (χ4v) is 3.01. The minimum atomic E-state index is -0.225. The van der Waals surface area contributed by atoms with Crippen LogP contribution in [0.3, 0.4) is 0 Å². The van der Waals surface area contributed by atoms with E-state index in [9.17, 15) is 4.79 Å². The molecule has 1 amide bonds. The van der Waals surface area contributed by atoms with E-state index in [1.54, 1.807) is 43.1 Å². The monoisotopic (exact) mass is 414 g/mol. The molecule has 2 heterocycles. The molecule has 2 aromatic carbocycles. The van der Waals surface area contributed by atoms with E-state index in [1.807, 2.05) is 54.1 Å². The van der Waals surface area contributed by atoms with Gasteiger partial charge in [0.2, 0.25) is 0 Å². The Hall–Kier alpha value is -4.13. The molecule has 4 aromatic rings. The lowest BCUT2D eigenvalue weighted by molar-refractivity contribution is 0.102. The topological polar surface area (TPSA) is 78.3 Å². The highest BCUT2D eigenvalue weighted by Gasteiger charge is 2.12. The van der Waals surface area contributed by atoms with E-state index in [-0.39, 0.29) is 5.91 Å². The number of imidazole rings is 1. The Morgan fingerprint density at radius 3 is 2.45 bits per heavy atom. The van der Waals surface area contributed by atoms with Gasteiger partial charge in [-0.25, -0.2) is 4.98 Å². The standard InChI is InChI=1S/C24H22N4O3/c1-2-30-23-15-19(3-8-22(23)31-16-18-9-11-25-12-10-18)24(29)27-20-4-6-21(7-5-20)28-14-13-26-17-28/h3-15,17H,2,16H2,1H3,(H,27,29). The van der Waals surface area contributed by atoms with E-state index >= 15 is 0 Å². The third-order valence-electron chi connectivity index (χ3n) is 4.58. The van der Waals surface area contributed by atoms with Crippen molar-refractivity contribution >= 4 is 11.6 Å². The van der Waals surface area contributed by atoms with Crippen molar-refractivity contribution in [2.45, 2.75) is 13.5 Å². The Bertz CT molecular complexity index is 1130. The van der Waals surface area contributed by atoms with Crippen LogP contribution in [0.5, 0.6) is 11.5 Å². The predicted molar refractivity (Wildman–Crippen MR) is 118 cm³/mol. The number of hydrogen-bond acceptors (Lipinski definition) is 5. The quantitative estimate of drug-likeness (QED) is 0.459. The number of nitrogens with zero attached hydrogens (tertiary/aromatic N) is 3. The molecule has 0 saturated heterocycles. The van der Waals surface area contributed by atoms with Crippen LogP contribution in [0, 0.1) is 0 Å². The summed E-state index contributed by atoms with van der Waals surface area (Å²) in [6, 6.07) is 16.5. The maximum atomic E-state index is 12.7. The first kappa shape index (κ1) is 20.2. The molecule has 0 aliphatic rings. The Labute approximate surface area is 180 Å². The summed E-state index contributed by atoms with van der Waals surface area (Å²) in [5, 5.41) is 2.91. The summed E-state index contributed by atoms with van der Waals surface area (Å²) in [6.07, 6.45) is 8.74. The van der Waals surface area contributed by atoms with Gasteiger partial charge in [-0.3, -0.25) is 9.78 Å². The molecule has 0 unspecified atom stereocenters. The molecule has 0 bridgehead atoms. The summed E-state index contributed by atoms with van der Waals surface area (Å²) in [4.78, 5) is 20.8. The molecule has 0 aliphatic heterocycles. The Morgan fingerprint density at radius 1 is 0.935 bits per heavy atom. The molecular formula is C24H22N4O3. The van der Waals surface area contributed by atoms with Crippen molar-refractivity contribution in [1.29, 1.82) is 0 Å². The number of nitrogens with one attached hydrogen (secondary N) is 1. The van der Waals surface area contributed by atoms with E-state index in [0.29, 0.717) is 36.0 Å². The predicted octanol–water partition coefficient (Wildman–Crippen LogP) is 4.50. The number of pyridine rings is 1. The van der Waals surface area contributed by atoms with Gasteiger partial charge >= 0.3 is 0 Å². The molecule has 0 aliphatic carbocycles. The second-order valence-corrected chi connectivity index (χ2v) is 6.71. The molecule has 0 saturated carbocycles. The lowest BCUT2D eigenvalue weighted by Crippen LogP contribution is -2.12. The van der Waals surface area contributed by atoms with Gasteiger partial charge in [0.25, 0.3) is 5.91 Å². The van der Waals surface area contributed by atoms with Crippen molar-refractivity contribution in [2.24, 2.45) is 0 Å². The van der Waals surface area contributed by atoms with Gasteiger partial charge in [-0.15, -0.1) is 0 Å². The number of carbonyl (C=O) groups is 1. The number of amides is 1. The van der Waals surface area contributed by atoms with E-state index in [4.69, 9.17) is 9.47 Å². The summed E-state index contributed by atoms with van der Waals surface area (Å²) >= 11 is 0. The Balaban J connectivity index is 1.45. The van der Waals surface area contributed by atoms with Gasteiger partial charge in [0, 0.05) is 41.7 Å². The highest BCUT2D eigenvalue weighted by atomic mass is 16.5. The van der Waals surface area contributed by atoms with Crippen molar-refractivity contribution in [2.75, 3.05) is 11.9 Å². The molecule has 4 rings (SSSR count). The normalized spacial score (nSPS) is 10.5. The summed E-state index contributed by atoms with van der Waals surface area (Å²) in [5.41, 5.74) is 3.14. The minimum Gasteiger partial charge on any atom is -0.490 e. The molecule has 0 radical (unpaired) electrons. The average Bonchev–Trinajstić information content (AvgIpc) is 3.34. The van der Waals surface area contributed by atoms with E-state index in [1.165, 1.54) is 0 Å². The zero-order valence-electron chi connectivity index (χ0n) is 17.1. The number of aromatic nitrogens is 3. The van der Waals surface area contributed by atoms with Crippen LogP contribution >= 0.6 is 0 Å². The van der Waals surface area contributed by atoms with Gasteiger partial charge in [0.15, 0.2) is 11.5 Å². The SMILES string of the molecule is CCOc1cc(C(=O)Nc2ccc(-n3ccnc3)cc2)ccc1OCc1ccncc1. The summed E-state index contributed by atoms with van der Waals surface area (Å²) in [6.45, 7) is 2.74. The van der Waals surface area contributed by atoms with Crippen molar-refractivity contribution in [3.05, 3.63) is 96.8 Å². The summed E-state index contributed by atoms with van der Waals surface area (Å²) in [7, 11) is 0. The molecule has 0 fully saturated rings. The molecule has 7 heteroatoms. The molecule has 31 heavy (non-hydrogen) atoms. The first-order chi connectivity index (χ1) is 15.2. The molecule has 7 nitrogen and oxygen atoms in total. The number of carbonyl (C=O) groups excluding carboxylic acids is 1. The van der Waals surface area contributed by atoms with E-state index in [0.717, 1.165) is 11.3 Å². The minimum absolute atomic E-state index is 0.225. The van der Waals surface area contributed by atoms with Crippen LogP contribution in [0.15, 0.2) is 85.7 Å². The molecule has 2 aromatic heterocycles. The summed E-state index contributed by atoms with van der Waals surface area (Å²) in [5.74, 6) is 0.886. The number of ether oxygens (including phenoxy) is 2. The van der Waals surface area contributed by atoms with Gasteiger partial charge in [-0.1, -0.05) is 0 Å². The number of anilines is 1. The lowest BCUT2D eigenvalue weighted by Gasteiger charge is -2.14. The lowest BCUT2D eigenvalue weighted by atomic mass is 10.1. The average molecular weight is 414 g/mol. The van der Waals surface area contributed by atoms with Crippen molar-refractivity contribution < 1.29 is 14.3 Å². The van der Waals surface area contributed by atoms with Crippen LogP contribution < -0.4 is 14.8 Å². The van der Waals surface area contributed by atoms with Gasteiger partial charge in [-0.2, -0.15) is 0 Å². The molecule has 0 atom stereocenters. The van der Waals surface area contributed by atoms with Crippen molar-refractivity contribution in [3.63, 3.8) is 0 Å². The number of benzene rings is 2. The first-order valence-electron chi connectivity index (χ1n) is 9.91. The van der Waals surface area contributed by atoms with Gasteiger partial charge in [0.05, 0.1) is 12.9 Å². The van der Waals surface area contributed by atoms with E-state index in [2.05, 4.69) is 15.3 Å². The Kier molecular flexibility index (Phi) is 6.23. The molecule has 0 spiro atoms. The second kappa shape index (κ2) is 9.58. The van der Waals surface area contributed by atoms with Crippen molar-refractivity contribution in [3.8, 4) is 17.2 Å². The van der Waals surface area contributed by atoms with Crippen LogP contribution in [0.2, 0.25) is 0 Å². The highest BCUT2D eigenvalue weighted by Crippen LogP contribution is 2.29. The fourth-order valence-electron chi connectivity index (χ4n) is 3.01. The van der Waals surface area contributed by atoms with Crippen molar-refractivity contribution in [1.82, 2.24) is 14.5 Å². The fraction of sp³-hybridized carbons (Fsp3) is 0.125. The van der Waals surface area contributed by atoms with Crippen LogP contribution in [0.25, 0.3) is 5.69 Å². The Morgan fingerprint density at radius 2 is 1.74 bits per heavy atom. The van der Waals surface area contributed by atoms with Gasteiger partial charge in [0.1, 0.15) is 6.61 Å². The maximum absolute atomic E-state index is 12.7. The van der Waals surface area contributed by atoms with Crippen LogP contribution in [-0.4, -0.2) is 27.0 Å². The molecule has 156 valence electrons. The maximum Gasteiger partial charge on any atom is 0.255 e. The van der Waals surface area contributed by atoms with Crippen LogP contribution in [-0.2, 0) is 6.61 Å². The smallest absolute Gasteiger partial charge is 0.255 e. The third kappa shape index (κ3) is 5.08. The molecule has 1 N–H and O–H groups in total. The van der Waals surface area contributed by atoms with Gasteiger partial charge < -0.3 is 19.4 Å². The molecular weight excluding hydrogens is 392 g/mol. The number of hydrogen-bond donors (Lipinski definition) is 1.